The van der Waals surface area contributed by atoms with Crippen LogP contribution in [0.2, 0.25) is 0 Å². The topological polar surface area (TPSA) is 65.2 Å². The van der Waals surface area contributed by atoms with E-state index >= 15 is 0 Å². The predicted octanol–water partition coefficient (Wildman–Crippen LogP) is 9.53. The van der Waals surface area contributed by atoms with E-state index < -0.39 is 17.3 Å². The first-order chi connectivity index (χ1) is 22.1. The number of alkyl halides is 3. The summed E-state index contributed by atoms with van der Waals surface area (Å²) in [5.74, 6) is -0.172. The van der Waals surface area contributed by atoms with E-state index in [0.29, 0.717) is 18.4 Å². The van der Waals surface area contributed by atoms with E-state index in [0.717, 1.165) is 63.9 Å². The van der Waals surface area contributed by atoms with Crippen LogP contribution in [0.25, 0.3) is 10.9 Å². The second-order valence-electron chi connectivity index (χ2n) is 14.5. The molecule has 3 aromatic carbocycles. The van der Waals surface area contributed by atoms with E-state index in [2.05, 4.69) is 43.2 Å². The van der Waals surface area contributed by atoms with Crippen LogP contribution in [-0.2, 0) is 22.3 Å². The molecule has 0 radical (unpaired) electrons. The zero-order chi connectivity index (χ0) is 33.9. The number of aromatic amines is 1. The third-order valence-corrected chi connectivity index (χ3v) is 10.9. The number of aromatic nitrogens is 1. The normalized spacial score (nSPS) is 19.9. The summed E-state index contributed by atoms with van der Waals surface area (Å²) in [4.78, 5) is 34.3. The van der Waals surface area contributed by atoms with E-state index in [1.165, 1.54) is 17.7 Å². The summed E-state index contributed by atoms with van der Waals surface area (Å²) in [5.41, 5.74) is 5.69. The van der Waals surface area contributed by atoms with Crippen molar-refractivity contribution in [3.8, 4) is 0 Å². The van der Waals surface area contributed by atoms with Gasteiger partial charge in [-0.15, -0.1) is 0 Å². The molecule has 2 amide bonds. The van der Waals surface area contributed by atoms with Gasteiger partial charge >= 0.3 is 6.18 Å². The average molecular weight is 644 g/mol. The zero-order valence-electron chi connectivity index (χ0n) is 28.1. The Morgan fingerprint density at radius 1 is 0.936 bits per heavy atom. The van der Waals surface area contributed by atoms with Crippen LogP contribution in [-0.4, -0.2) is 27.2 Å². The molecule has 248 valence electrons. The minimum atomic E-state index is -4.46. The minimum Gasteiger partial charge on any atom is -0.358 e. The van der Waals surface area contributed by atoms with Crippen molar-refractivity contribution in [1.82, 2.24) is 9.88 Å². The molecule has 0 unspecified atom stereocenters. The number of nitrogens with zero attached hydrogens (tertiary/aromatic N) is 1. The van der Waals surface area contributed by atoms with Crippen LogP contribution < -0.4 is 5.32 Å². The highest BCUT2D eigenvalue weighted by atomic mass is 19.4. The number of hydrogen-bond acceptors (Lipinski definition) is 2. The van der Waals surface area contributed by atoms with Gasteiger partial charge in [0.15, 0.2) is 0 Å². The smallest absolute Gasteiger partial charge is 0.358 e. The van der Waals surface area contributed by atoms with Gasteiger partial charge in [-0.3, -0.25) is 9.59 Å². The number of anilines is 1. The monoisotopic (exact) mass is 643 g/mol. The largest absolute Gasteiger partial charge is 0.416 e. The van der Waals surface area contributed by atoms with Crippen molar-refractivity contribution in [3.05, 3.63) is 99.7 Å². The molecule has 2 N–H and O–H groups in total. The van der Waals surface area contributed by atoms with E-state index in [1.807, 2.05) is 45.0 Å². The maximum Gasteiger partial charge on any atom is 0.416 e. The Bertz CT molecular complexity index is 1810. The highest BCUT2D eigenvalue weighted by molar-refractivity contribution is 6.02. The highest BCUT2D eigenvalue weighted by Gasteiger charge is 2.61. The van der Waals surface area contributed by atoms with Crippen molar-refractivity contribution in [2.75, 3.05) is 5.32 Å². The third kappa shape index (κ3) is 5.96. The number of halogens is 3. The van der Waals surface area contributed by atoms with Gasteiger partial charge in [0.05, 0.1) is 5.56 Å². The van der Waals surface area contributed by atoms with Crippen molar-refractivity contribution in [2.24, 2.45) is 11.3 Å². The molecule has 4 aromatic rings. The summed E-state index contributed by atoms with van der Waals surface area (Å²) in [6.07, 6.45) is -1.67. The molecule has 1 heterocycles. The fourth-order valence-electron chi connectivity index (χ4n) is 8.34. The van der Waals surface area contributed by atoms with Crippen molar-refractivity contribution in [2.45, 2.75) is 97.8 Å². The summed E-state index contributed by atoms with van der Waals surface area (Å²) in [7, 11) is 0. The summed E-state index contributed by atoms with van der Waals surface area (Å²) in [5, 5.41) is 4.36. The number of rotatable bonds is 8. The molecule has 2 fully saturated rings. The number of amides is 2. The Kier molecular flexibility index (Phi) is 8.30. The first-order valence-electron chi connectivity index (χ1n) is 16.6. The first kappa shape index (κ1) is 32.9. The van der Waals surface area contributed by atoms with E-state index in [1.54, 1.807) is 4.90 Å². The molecule has 0 spiro atoms. The molecule has 2 aliphatic carbocycles. The van der Waals surface area contributed by atoms with Gasteiger partial charge < -0.3 is 15.2 Å². The van der Waals surface area contributed by atoms with Crippen molar-refractivity contribution in [3.63, 3.8) is 0 Å². The van der Waals surface area contributed by atoms with Crippen molar-refractivity contribution < 1.29 is 22.8 Å². The number of carbonyl (C=O) groups is 2. The predicted molar refractivity (Wildman–Crippen MR) is 180 cm³/mol. The molecule has 2 atom stereocenters. The van der Waals surface area contributed by atoms with Crippen LogP contribution >= 0.6 is 0 Å². The molecule has 2 aliphatic rings. The zero-order valence-corrected chi connectivity index (χ0v) is 28.1. The highest BCUT2D eigenvalue weighted by Crippen LogP contribution is 2.67. The van der Waals surface area contributed by atoms with Gasteiger partial charge in [-0.25, -0.2) is 0 Å². The molecule has 1 aromatic heterocycles. The van der Waals surface area contributed by atoms with Gasteiger partial charge in [0, 0.05) is 35.2 Å². The summed E-state index contributed by atoms with van der Waals surface area (Å²) in [6, 6.07) is 17.2. The lowest BCUT2D eigenvalue weighted by Crippen LogP contribution is -2.57. The van der Waals surface area contributed by atoms with E-state index in [-0.39, 0.29) is 42.0 Å². The Morgan fingerprint density at radius 3 is 2.17 bits per heavy atom. The summed E-state index contributed by atoms with van der Waals surface area (Å²) >= 11 is 0. The molecular weight excluding hydrogens is 599 g/mol. The Hall–Kier alpha value is -4.07. The van der Waals surface area contributed by atoms with E-state index in [4.69, 9.17) is 0 Å². The van der Waals surface area contributed by atoms with Crippen molar-refractivity contribution in [1.29, 1.82) is 0 Å². The quantitative estimate of drug-likeness (QED) is 0.201. The van der Waals surface area contributed by atoms with Gasteiger partial charge in [-0.05, 0) is 98.2 Å². The molecule has 5 nitrogen and oxygen atoms in total. The molecule has 47 heavy (non-hydrogen) atoms. The van der Waals surface area contributed by atoms with Gasteiger partial charge in [0.1, 0.15) is 5.54 Å². The molecule has 0 saturated heterocycles. The molecule has 0 aliphatic heterocycles. The number of nitrogens with one attached hydrogen (secondary N) is 2. The Morgan fingerprint density at radius 2 is 1.55 bits per heavy atom. The lowest BCUT2D eigenvalue weighted by atomic mass is 9.91. The maximum absolute atomic E-state index is 14.7. The minimum absolute atomic E-state index is 0.0473. The summed E-state index contributed by atoms with van der Waals surface area (Å²) in [6.45, 7) is 12.5. The van der Waals surface area contributed by atoms with Gasteiger partial charge in [-0.1, -0.05) is 74.7 Å². The Labute approximate surface area is 274 Å². The lowest BCUT2D eigenvalue weighted by molar-refractivity contribution is -0.146. The number of hydrogen-bond donors (Lipinski definition) is 2. The number of fused-ring (bicyclic) bond motifs is 1. The fraction of sp³-hybridized carbons (Fsp3) is 0.436. The molecule has 6 rings (SSSR count). The van der Waals surface area contributed by atoms with Crippen LogP contribution in [0.4, 0.5) is 18.9 Å². The second kappa shape index (κ2) is 11.9. The maximum atomic E-state index is 14.7. The van der Waals surface area contributed by atoms with Gasteiger partial charge in [0.2, 0.25) is 11.8 Å². The molecule has 8 heteroatoms. The lowest BCUT2D eigenvalue weighted by Gasteiger charge is -2.41. The number of para-hydroxylation sites is 1. The van der Waals surface area contributed by atoms with Gasteiger partial charge in [0.25, 0.3) is 0 Å². The standard InChI is InChI=1S/C39H44F3N3O2/c1-23-19-24(2)35(25(3)20-23)44-36(47)38(17-9-10-18-38)45(22-27-13-15-28(16-14-27)39(40,41)42)32(46)21-30-34(37(30,5)6)33-26(4)43-31-12-8-7-11-29(31)33/h7-8,11-16,19-20,30,34,43H,9-10,17-18,21-22H2,1-6H3,(H,44,47)/t30-,34+/m1/s1. The second-order valence-corrected chi connectivity index (χ2v) is 14.5. The van der Waals surface area contributed by atoms with Crippen LogP contribution in [0.3, 0.4) is 0 Å². The summed E-state index contributed by atoms with van der Waals surface area (Å²) < 4.78 is 40.2. The van der Waals surface area contributed by atoms with Crippen LogP contribution in [0.5, 0.6) is 0 Å². The Balaban J connectivity index is 1.35. The number of H-pyrrole nitrogens is 1. The molecule has 0 bridgehead atoms. The van der Waals surface area contributed by atoms with Crippen LogP contribution in [0, 0.1) is 39.0 Å². The molecular formula is C39H44F3N3O2. The van der Waals surface area contributed by atoms with Gasteiger partial charge in [-0.2, -0.15) is 13.2 Å². The SMILES string of the molecule is Cc1cc(C)c(NC(=O)C2(N(Cc3ccc(C(F)(F)F)cc3)C(=O)C[C@@H]3[C@@H](c4c(C)[nH]c5ccccc45)C3(C)C)CCCC2)c(C)c1. The van der Waals surface area contributed by atoms with Crippen molar-refractivity contribution >= 4 is 28.4 Å². The fourth-order valence-corrected chi connectivity index (χ4v) is 8.34. The number of aryl methyl sites for hydroxylation is 4. The number of carbonyl (C=O) groups excluding carboxylic acids is 2. The first-order valence-corrected chi connectivity index (χ1v) is 16.6. The average Bonchev–Trinajstić information content (AvgIpc) is 3.34. The third-order valence-electron chi connectivity index (χ3n) is 10.9. The van der Waals surface area contributed by atoms with Crippen LogP contribution in [0.15, 0.2) is 60.7 Å². The van der Waals surface area contributed by atoms with Crippen LogP contribution in [0.1, 0.15) is 90.9 Å². The van der Waals surface area contributed by atoms with E-state index in [9.17, 15) is 22.8 Å². The number of benzene rings is 3. The molecule has 2 saturated carbocycles.